The van der Waals surface area contributed by atoms with Crippen molar-refractivity contribution in [2.75, 3.05) is 6.61 Å². The molecule has 2 N–H and O–H groups in total. The summed E-state index contributed by atoms with van der Waals surface area (Å²) in [6.07, 6.45) is -0.787. The van der Waals surface area contributed by atoms with Crippen LogP contribution in [-0.4, -0.2) is 24.5 Å². The number of hydrogen-bond acceptors (Lipinski definition) is 5. The van der Waals surface area contributed by atoms with Crippen molar-refractivity contribution in [2.24, 2.45) is 0 Å². The first-order valence-electron chi connectivity index (χ1n) is 9.21. The molecule has 0 saturated heterocycles. The van der Waals surface area contributed by atoms with Crippen molar-refractivity contribution in [2.45, 2.75) is 20.0 Å². The van der Waals surface area contributed by atoms with Crippen molar-refractivity contribution in [1.29, 1.82) is 0 Å². The fourth-order valence-electron chi connectivity index (χ4n) is 2.65. The molecular formula is C22H22N2O4S. The standard InChI is InChI=1S/C22H22N2O4S/c1-3-27-17-9-11-18(12-10-17)28-15(2)21(25)23-24-22(26)20-19(13-14-29-20)16-7-5-4-6-8-16/h4-15H,3H2,1-2H3,(H,23,25)(H,24,26). The molecule has 0 fully saturated rings. The Bertz CT molecular complexity index is 954. The minimum Gasteiger partial charge on any atom is -0.494 e. The average molecular weight is 410 g/mol. The molecular weight excluding hydrogens is 388 g/mol. The third-order valence-corrected chi connectivity index (χ3v) is 4.99. The van der Waals surface area contributed by atoms with Gasteiger partial charge in [0.15, 0.2) is 6.10 Å². The van der Waals surface area contributed by atoms with Crippen LogP contribution in [0.4, 0.5) is 0 Å². The molecule has 1 heterocycles. The minimum atomic E-state index is -0.787. The zero-order valence-corrected chi connectivity index (χ0v) is 17.0. The maximum atomic E-state index is 12.5. The van der Waals surface area contributed by atoms with E-state index >= 15 is 0 Å². The number of thiophene rings is 1. The molecule has 2 aromatic carbocycles. The van der Waals surface area contributed by atoms with Gasteiger partial charge in [-0.1, -0.05) is 30.3 Å². The topological polar surface area (TPSA) is 76.7 Å². The van der Waals surface area contributed by atoms with E-state index in [4.69, 9.17) is 9.47 Å². The number of carbonyl (C=O) groups is 2. The summed E-state index contributed by atoms with van der Waals surface area (Å²) in [5, 5.41) is 1.84. The molecule has 0 saturated carbocycles. The Kier molecular flexibility index (Phi) is 6.86. The molecule has 3 rings (SSSR count). The fraction of sp³-hybridized carbons (Fsp3) is 0.182. The quantitative estimate of drug-likeness (QED) is 0.577. The van der Waals surface area contributed by atoms with Crippen LogP contribution in [0.2, 0.25) is 0 Å². The van der Waals surface area contributed by atoms with Gasteiger partial charge in [-0.15, -0.1) is 11.3 Å². The number of nitrogens with one attached hydrogen (secondary N) is 2. The lowest BCUT2D eigenvalue weighted by Crippen LogP contribution is -2.47. The zero-order chi connectivity index (χ0) is 20.6. The van der Waals surface area contributed by atoms with Gasteiger partial charge in [0.05, 0.1) is 6.61 Å². The first-order valence-corrected chi connectivity index (χ1v) is 10.1. The van der Waals surface area contributed by atoms with E-state index in [0.29, 0.717) is 17.2 Å². The zero-order valence-electron chi connectivity index (χ0n) is 16.2. The Labute approximate surface area is 173 Å². The predicted molar refractivity (Wildman–Crippen MR) is 113 cm³/mol. The average Bonchev–Trinajstić information content (AvgIpc) is 3.24. The first-order chi connectivity index (χ1) is 14.1. The van der Waals surface area contributed by atoms with Crippen molar-refractivity contribution in [3.63, 3.8) is 0 Å². The maximum absolute atomic E-state index is 12.5. The molecule has 0 aliphatic rings. The van der Waals surface area contributed by atoms with E-state index in [1.807, 2.05) is 48.7 Å². The van der Waals surface area contributed by atoms with Gasteiger partial charge in [0.1, 0.15) is 16.4 Å². The van der Waals surface area contributed by atoms with Crippen LogP contribution >= 0.6 is 11.3 Å². The first kappa shape index (κ1) is 20.4. The van der Waals surface area contributed by atoms with E-state index in [9.17, 15) is 9.59 Å². The summed E-state index contributed by atoms with van der Waals surface area (Å²) >= 11 is 1.31. The second kappa shape index (κ2) is 9.75. The molecule has 0 aliphatic carbocycles. The number of amides is 2. The third kappa shape index (κ3) is 5.36. The third-order valence-electron chi connectivity index (χ3n) is 4.07. The van der Waals surface area contributed by atoms with Crippen molar-refractivity contribution in [3.8, 4) is 22.6 Å². The van der Waals surface area contributed by atoms with Gasteiger partial charge in [-0.3, -0.25) is 20.4 Å². The number of hydrogen-bond donors (Lipinski definition) is 2. The summed E-state index contributed by atoms with van der Waals surface area (Å²) in [6, 6.07) is 18.5. The van der Waals surface area contributed by atoms with Crippen LogP contribution in [-0.2, 0) is 4.79 Å². The lowest BCUT2D eigenvalue weighted by atomic mass is 10.1. The van der Waals surface area contributed by atoms with Crippen LogP contribution in [0.3, 0.4) is 0 Å². The predicted octanol–water partition coefficient (Wildman–Crippen LogP) is 4.04. The molecule has 1 atom stereocenters. The summed E-state index contributed by atoms with van der Waals surface area (Å²) in [4.78, 5) is 25.3. The molecule has 0 aliphatic heterocycles. The highest BCUT2D eigenvalue weighted by atomic mass is 32.1. The van der Waals surface area contributed by atoms with E-state index in [1.54, 1.807) is 31.2 Å². The molecule has 6 nitrogen and oxygen atoms in total. The largest absolute Gasteiger partial charge is 0.494 e. The highest BCUT2D eigenvalue weighted by molar-refractivity contribution is 7.12. The fourth-order valence-corrected chi connectivity index (χ4v) is 3.46. The van der Waals surface area contributed by atoms with Crippen LogP contribution in [0, 0.1) is 0 Å². The van der Waals surface area contributed by atoms with E-state index in [2.05, 4.69) is 10.9 Å². The Balaban J connectivity index is 1.55. The molecule has 3 aromatic rings. The Morgan fingerprint density at radius 1 is 0.966 bits per heavy atom. The van der Waals surface area contributed by atoms with Crippen LogP contribution in [0.5, 0.6) is 11.5 Å². The van der Waals surface area contributed by atoms with Crippen LogP contribution in [0.25, 0.3) is 11.1 Å². The SMILES string of the molecule is CCOc1ccc(OC(C)C(=O)NNC(=O)c2sccc2-c2ccccc2)cc1. The molecule has 29 heavy (non-hydrogen) atoms. The summed E-state index contributed by atoms with van der Waals surface area (Å²) in [5.41, 5.74) is 6.64. The molecule has 0 bridgehead atoms. The molecule has 1 aromatic heterocycles. The highest BCUT2D eigenvalue weighted by Crippen LogP contribution is 2.27. The summed E-state index contributed by atoms with van der Waals surface area (Å²) < 4.78 is 11.0. The summed E-state index contributed by atoms with van der Waals surface area (Å²) in [7, 11) is 0. The smallest absolute Gasteiger partial charge is 0.280 e. The second-order valence-electron chi connectivity index (χ2n) is 6.14. The van der Waals surface area contributed by atoms with Crippen molar-refractivity contribution in [3.05, 3.63) is 70.9 Å². The van der Waals surface area contributed by atoms with Gasteiger partial charge < -0.3 is 9.47 Å². The molecule has 1 unspecified atom stereocenters. The minimum absolute atomic E-state index is 0.375. The highest BCUT2D eigenvalue weighted by Gasteiger charge is 2.18. The van der Waals surface area contributed by atoms with E-state index in [1.165, 1.54) is 11.3 Å². The van der Waals surface area contributed by atoms with Gasteiger partial charge in [0, 0.05) is 5.56 Å². The van der Waals surface area contributed by atoms with E-state index in [0.717, 1.165) is 16.9 Å². The molecule has 0 spiro atoms. The Morgan fingerprint density at radius 2 is 1.66 bits per heavy atom. The molecule has 0 radical (unpaired) electrons. The number of ether oxygens (including phenoxy) is 2. The molecule has 150 valence electrons. The Morgan fingerprint density at radius 3 is 2.34 bits per heavy atom. The Hall–Kier alpha value is -3.32. The molecule has 7 heteroatoms. The normalized spacial score (nSPS) is 11.4. The number of hydrazine groups is 1. The lowest BCUT2D eigenvalue weighted by molar-refractivity contribution is -0.128. The van der Waals surface area contributed by atoms with Crippen LogP contribution in [0.15, 0.2) is 66.0 Å². The number of rotatable bonds is 7. The van der Waals surface area contributed by atoms with E-state index in [-0.39, 0.29) is 5.91 Å². The second-order valence-corrected chi connectivity index (χ2v) is 7.05. The van der Waals surface area contributed by atoms with Crippen molar-refractivity contribution < 1.29 is 19.1 Å². The maximum Gasteiger partial charge on any atom is 0.280 e. The summed E-state index contributed by atoms with van der Waals surface area (Å²) in [5.74, 6) is 0.437. The number of benzene rings is 2. The van der Waals surface area contributed by atoms with Crippen LogP contribution in [0.1, 0.15) is 23.5 Å². The monoisotopic (exact) mass is 410 g/mol. The van der Waals surface area contributed by atoms with Crippen molar-refractivity contribution in [1.82, 2.24) is 10.9 Å². The van der Waals surface area contributed by atoms with Crippen molar-refractivity contribution >= 4 is 23.2 Å². The van der Waals surface area contributed by atoms with Gasteiger partial charge in [-0.05, 0) is 55.1 Å². The number of carbonyl (C=O) groups excluding carboxylic acids is 2. The lowest BCUT2D eigenvalue weighted by Gasteiger charge is -2.15. The molecule has 2 amide bonds. The van der Waals surface area contributed by atoms with Crippen LogP contribution < -0.4 is 20.3 Å². The van der Waals surface area contributed by atoms with Gasteiger partial charge >= 0.3 is 0 Å². The van der Waals surface area contributed by atoms with Gasteiger partial charge in [0.2, 0.25) is 0 Å². The van der Waals surface area contributed by atoms with Gasteiger partial charge in [0.25, 0.3) is 11.8 Å². The summed E-state index contributed by atoms with van der Waals surface area (Å²) in [6.45, 7) is 4.09. The van der Waals surface area contributed by atoms with Gasteiger partial charge in [-0.2, -0.15) is 0 Å². The van der Waals surface area contributed by atoms with Gasteiger partial charge in [-0.25, -0.2) is 0 Å². The van der Waals surface area contributed by atoms with E-state index < -0.39 is 12.0 Å².